The average molecular weight is 257 g/mol. The lowest BCUT2D eigenvalue weighted by Gasteiger charge is -2.15. The first-order valence-corrected chi connectivity index (χ1v) is 6.31. The highest BCUT2D eigenvalue weighted by atomic mass is 16.5. The highest BCUT2D eigenvalue weighted by Gasteiger charge is 2.09. The van der Waals surface area contributed by atoms with E-state index in [-0.39, 0.29) is 6.10 Å². The van der Waals surface area contributed by atoms with Gasteiger partial charge in [0.05, 0.1) is 18.9 Å². The molecule has 2 aromatic rings. The maximum Gasteiger partial charge on any atom is 0.141 e. The molecule has 0 radical (unpaired) electrons. The molecule has 0 aliphatic heterocycles. The van der Waals surface area contributed by atoms with Gasteiger partial charge in [-0.15, -0.1) is 0 Å². The molecule has 0 saturated heterocycles. The Hall–Kier alpha value is -2.16. The minimum Gasteiger partial charge on any atom is -0.495 e. The van der Waals surface area contributed by atoms with Crippen LogP contribution in [0.4, 0.5) is 5.69 Å². The standard InChI is InChI=1S/C16H19NO2/c1-11(2)19-15-7-5-4-6-13(15)12-8-9-16(18-3)14(17)10-12/h4-11H,17H2,1-3H3. The number of para-hydroxylation sites is 1. The van der Waals surface area contributed by atoms with E-state index in [0.717, 1.165) is 16.9 Å². The van der Waals surface area contributed by atoms with Gasteiger partial charge in [0.15, 0.2) is 0 Å². The maximum absolute atomic E-state index is 5.95. The molecule has 0 amide bonds. The monoisotopic (exact) mass is 257 g/mol. The molecule has 3 heteroatoms. The van der Waals surface area contributed by atoms with Crippen LogP contribution in [0, 0.1) is 0 Å². The number of rotatable bonds is 4. The molecule has 0 saturated carbocycles. The number of hydrogen-bond donors (Lipinski definition) is 1. The molecule has 2 rings (SSSR count). The SMILES string of the molecule is COc1ccc(-c2ccccc2OC(C)C)cc1N. The van der Waals surface area contributed by atoms with Crippen molar-refractivity contribution in [3.05, 3.63) is 42.5 Å². The Morgan fingerprint density at radius 3 is 2.37 bits per heavy atom. The lowest BCUT2D eigenvalue weighted by molar-refractivity contribution is 0.243. The quantitative estimate of drug-likeness (QED) is 0.849. The number of benzene rings is 2. The summed E-state index contributed by atoms with van der Waals surface area (Å²) in [6.07, 6.45) is 0.136. The van der Waals surface area contributed by atoms with Crippen LogP contribution in [0.1, 0.15) is 13.8 Å². The number of anilines is 1. The molecule has 0 bridgehead atoms. The number of nitrogen functional groups attached to an aromatic ring is 1. The summed E-state index contributed by atoms with van der Waals surface area (Å²) < 4.78 is 11.0. The fourth-order valence-electron chi connectivity index (χ4n) is 1.96. The third kappa shape index (κ3) is 2.99. The fourth-order valence-corrected chi connectivity index (χ4v) is 1.96. The summed E-state index contributed by atoms with van der Waals surface area (Å²) in [6.45, 7) is 4.03. The lowest BCUT2D eigenvalue weighted by atomic mass is 10.0. The zero-order valence-electron chi connectivity index (χ0n) is 11.5. The van der Waals surface area contributed by atoms with Gasteiger partial charge < -0.3 is 15.2 Å². The van der Waals surface area contributed by atoms with E-state index in [9.17, 15) is 0 Å². The Kier molecular flexibility index (Phi) is 3.95. The minimum absolute atomic E-state index is 0.136. The topological polar surface area (TPSA) is 44.5 Å². The van der Waals surface area contributed by atoms with E-state index >= 15 is 0 Å². The van der Waals surface area contributed by atoms with Crippen molar-refractivity contribution in [2.45, 2.75) is 20.0 Å². The predicted molar refractivity (Wildman–Crippen MR) is 78.6 cm³/mol. The highest BCUT2D eigenvalue weighted by molar-refractivity contribution is 5.75. The van der Waals surface area contributed by atoms with Crippen LogP contribution in [0.3, 0.4) is 0 Å². The van der Waals surface area contributed by atoms with Crippen LogP contribution in [-0.2, 0) is 0 Å². The number of nitrogens with two attached hydrogens (primary N) is 1. The third-order valence-corrected chi connectivity index (χ3v) is 2.79. The second kappa shape index (κ2) is 5.65. The molecular weight excluding hydrogens is 238 g/mol. The number of ether oxygens (including phenoxy) is 2. The molecule has 2 N–H and O–H groups in total. The van der Waals surface area contributed by atoms with Crippen molar-refractivity contribution in [3.63, 3.8) is 0 Å². The van der Waals surface area contributed by atoms with Gasteiger partial charge in [0, 0.05) is 5.56 Å². The first-order valence-electron chi connectivity index (χ1n) is 6.31. The van der Waals surface area contributed by atoms with Gasteiger partial charge in [-0.1, -0.05) is 24.3 Å². The molecule has 0 atom stereocenters. The molecular formula is C16H19NO2. The van der Waals surface area contributed by atoms with Crippen molar-refractivity contribution in [3.8, 4) is 22.6 Å². The molecule has 0 aliphatic rings. The van der Waals surface area contributed by atoms with Gasteiger partial charge in [0.1, 0.15) is 11.5 Å². The van der Waals surface area contributed by atoms with Crippen LogP contribution >= 0.6 is 0 Å². The molecule has 2 aromatic carbocycles. The Balaban J connectivity index is 2.44. The van der Waals surface area contributed by atoms with Crippen molar-refractivity contribution in [1.82, 2.24) is 0 Å². The molecule has 100 valence electrons. The second-order valence-corrected chi connectivity index (χ2v) is 4.62. The van der Waals surface area contributed by atoms with Crippen LogP contribution < -0.4 is 15.2 Å². The van der Waals surface area contributed by atoms with Crippen LogP contribution in [0.25, 0.3) is 11.1 Å². The Morgan fingerprint density at radius 1 is 1.00 bits per heavy atom. The van der Waals surface area contributed by atoms with Gasteiger partial charge in [0.2, 0.25) is 0 Å². The largest absolute Gasteiger partial charge is 0.495 e. The summed E-state index contributed by atoms with van der Waals surface area (Å²) in [5.74, 6) is 1.55. The molecule has 0 aliphatic carbocycles. The summed E-state index contributed by atoms with van der Waals surface area (Å²) in [4.78, 5) is 0. The molecule has 0 fully saturated rings. The predicted octanol–water partition coefficient (Wildman–Crippen LogP) is 3.73. The fraction of sp³-hybridized carbons (Fsp3) is 0.250. The zero-order valence-corrected chi connectivity index (χ0v) is 11.5. The van der Waals surface area contributed by atoms with Gasteiger partial charge in [0.25, 0.3) is 0 Å². The highest BCUT2D eigenvalue weighted by Crippen LogP contribution is 2.34. The molecule has 0 unspecified atom stereocenters. The summed E-state index contributed by atoms with van der Waals surface area (Å²) in [5.41, 5.74) is 8.63. The van der Waals surface area contributed by atoms with Gasteiger partial charge in [-0.25, -0.2) is 0 Å². The minimum atomic E-state index is 0.136. The van der Waals surface area contributed by atoms with Crippen molar-refractivity contribution < 1.29 is 9.47 Å². The molecule has 19 heavy (non-hydrogen) atoms. The van der Waals surface area contributed by atoms with Crippen molar-refractivity contribution >= 4 is 5.69 Å². The van der Waals surface area contributed by atoms with Crippen molar-refractivity contribution in [1.29, 1.82) is 0 Å². The van der Waals surface area contributed by atoms with Gasteiger partial charge >= 0.3 is 0 Å². The molecule has 3 nitrogen and oxygen atoms in total. The lowest BCUT2D eigenvalue weighted by Crippen LogP contribution is -2.06. The summed E-state index contributed by atoms with van der Waals surface area (Å²) >= 11 is 0. The first kappa shape index (κ1) is 13.3. The first-order chi connectivity index (χ1) is 9.11. The van der Waals surface area contributed by atoms with Crippen LogP contribution in [0.2, 0.25) is 0 Å². The van der Waals surface area contributed by atoms with E-state index in [2.05, 4.69) is 0 Å². The van der Waals surface area contributed by atoms with Crippen molar-refractivity contribution in [2.75, 3.05) is 12.8 Å². The summed E-state index contributed by atoms with van der Waals surface area (Å²) in [5, 5.41) is 0. The Labute approximate surface area is 114 Å². The maximum atomic E-state index is 5.95. The van der Waals surface area contributed by atoms with Crippen LogP contribution in [0.5, 0.6) is 11.5 Å². The Bertz CT molecular complexity index is 564. The normalized spacial score (nSPS) is 10.5. The molecule has 0 spiro atoms. The van der Waals surface area contributed by atoms with Gasteiger partial charge in [-0.05, 0) is 37.6 Å². The van der Waals surface area contributed by atoms with E-state index in [1.165, 1.54) is 0 Å². The van der Waals surface area contributed by atoms with Gasteiger partial charge in [-0.3, -0.25) is 0 Å². The van der Waals surface area contributed by atoms with Gasteiger partial charge in [-0.2, -0.15) is 0 Å². The van der Waals surface area contributed by atoms with E-state index in [4.69, 9.17) is 15.2 Å². The van der Waals surface area contributed by atoms with E-state index in [0.29, 0.717) is 11.4 Å². The van der Waals surface area contributed by atoms with Crippen LogP contribution in [0.15, 0.2) is 42.5 Å². The number of methoxy groups -OCH3 is 1. The van der Waals surface area contributed by atoms with E-state index in [1.807, 2.05) is 56.3 Å². The summed E-state index contributed by atoms with van der Waals surface area (Å²) in [6, 6.07) is 13.7. The molecule has 0 heterocycles. The van der Waals surface area contributed by atoms with E-state index in [1.54, 1.807) is 7.11 Å². The average Bonchev–Trinajstić information content (AvgIpc) is 2.38. The third-order valence-electron chi connectivity index (χ3n) is 2.79. The Morgan fingerprint density at radius 2 is 1.74 bits per heavy atom. The summed E-state index contributed by atoms with van der Waals surface area (Å²) in [7, 11) is 1.61. The smallest absolute Gasteiger partial charge is 0.141 e. The van der Waals surface area contributed by atoms with Crippen molar-refractivity contribution in [2.24, 2.45) is 0 Å². The zero-order chi connectivity index (χ0) is 13.8. The molecule has 0 aromatic heterocycles. The second-order valence-electron chi connectivity index (χ2n) is 4.62. The number of hydrogen-bond acceptors (Lipinski definition) is 3. The van der Waals surface area contributed by atoms with E-state index < -0.39 is 0 Å². The van der Waals surface area contributed by atoms with Crippen LogP contribution in [-0.4, -0.2) is 13.2 Å².